The SMILES string of the molecule is CCCN(C)CC(N)(C(=O)OC)C1CC1. The van der Waals surface area contributed by atoms with E-state index >= 15 is 0 Å². The molecule has 1 aliphatic carbocycles. The van der Waals surface area contributed by atoms with Gasteiger partial charge in [-0.2, -0.15) is 0 Å². The van der Waals surface area contributed by atoms with Gasteiger partial charge in [0.1, 0.15) is 5.54 Å². The first kappa shape index (κ1) is 12.5. The largest absolute Gasteiger partial charge is 0.468 e. The molecular weight excluding hydrogens is 192 g/mol. The summed E-state index contributed by atoms with van der Waals surface area (Å²) in [7, 11) is 3.41. The predicted molar refractivity (Wildman–Crippen MR) is 59.4 cm³/mol. The molecule has 1 unspecified atom stereocenters. The van der Waals surface area contributed by atoms with Gasteiger partial charge in [-0.25, -0.2) is 0 Å². The van der Waals surface area contributed by atoms with Gasteiger partial charge >= 0.3 is 5.97 Å². The number of hydrogen-bond acceptors (Lipinski definition) is 4. The highest BCUT2D eigenvalue weighted by molar-refractivity contribution is 5.81. The zero-order valence-corrected chi connectivity index (χ0v) is 9.95. The van der Waals surface area contributed by atoms with Gasteiger partial charge in [-0.15, -0.1) is 0 Å². The van der Waals surface area contributed by atoms with Crippen LogP contribution in [0.3, 0.4) is 0 Å². The quantitative estimate of drug-likeness (QED) is 0.658. The summed E-state index contributed by atoms with van der Waals surface area (Å²) in [5, 5.41) is 0. The standard InChI is InChI=1S/C11H22N2O2/c1-4-7-13(2)8-11(12,9-5-6-9)10(14)15-3/h9H,4-8,12H2,1-3H3. The summed E-state index contributed by atoms with van der Waals surface area (Å²) in [6, 6.07) is 0. The zero-order chi connectivity index (χ0) is 11.5. The minimum absolute atomic E-state index is 0.270. The Morgan fingerprint density at radius 2 is 2.20 bits per heavy atom. The molecule has 0 heterocycles. The lowest BCUT2D eigenvalue weighted by Gasteiger charge is -2.31. The number of ether oxygens (including phenoxy) is 1. The Kier molecular flexibility index (Phi) is 4.11. The van der Waals surface area contributed by atoms with E-state index in [-0.39, 0.29) is 5.97 Å². The first-order valence-electron chi connectivity index (χ1n) is 5.60. The summed E-state index contributed by atoms with van der Waals surface area (Å²) in [4.78, 5) is 13.8. The molecule has 0 aromatic heterocycles. The van der Waals surface area contributed by atoms with Crippen molar-refractivity contribution < 1.29 is 9.53 Å². The highest BCUT2D eigenvalue weighted by Crippen LogP contribution is 2.39. The van der Waals surface area contributed by atoms with Crippen molar-refractivity contribution in [3.05, 3.63) is 0 Å². The van der Waals surface area contributed by atoms with Crippen LogP contribution in [0.2, 0.25) is 0 Å². The number of methoxy groups -OCH3 is 1. The molecule has 0 aliphatic heterocycles. The van der Waals surface area contributed by atoms with E-state index in [1.807, 2.05) is 7.05 Å². The van der Waals surface area contributed by atoms with E-state index in [0.717, 1.165) is 25.8 Å². The highest BCUT2D eigenvalue weighted by Gasteiger charge is 2.49. The fourth-order valence-corrected chi connectivity index (χ4v) is 2.06. The maximum Gasteiger partial charge on any atom is 0.327 e. The molecule has 1 aliphatic rings. The average Bonchev–Trinajstić information content (AvgIpc) is 2.99. The van der Waals surface area contributed by atoms with Crippen molar-refractivity contribution >= 4 is 5.97 Å². The van der Waals surface area contributed by atoms with Crippen LogP contribution in [0.5, 0.6) is 0 Å². The molecule has 4 heteroatoms. The second-order valence-electron chi connectivity index (χ2n) is 4.54. The molecule has 0 spiro atoms. The van der Waals surface area contributed by atoms with E-state index in [4.69, 9.17) is 10.5 Å². The van der Waals surface area contributed by atoms with Gasteiger partial charge in [0.15, 0.2) is 0 Å². The third-order valence-electron chi connectivity index (χ3n) is 3.01. The summed E-state index contributed by atoms with van der Waals surface area (Å²) in [5.41, 5.74) is 5.38. The lowest BCUT2D eigenvalue weighted by atomic mass is 9.94. The van der Waals surface area contributed by atoms with Gasteiger partial charge < -0.3 is 15.4 Å². The van der Waals surface area contributed by atoms with Crippen LogP contribution in [0, 0.1) is 5.92 Å². The second-order valence-corrected chi connectivity index (χ2v) is 4.54. The Morgan fingerprint density at radius 1 is 1.60 bits per heavy atom. The molecule has 0 bridgehead atoms. The number of rotatable bonds is 6. The molecule has 0 aromatic carbocycles. The van der Waals surface area contributed by atoms with Gasteiger partial charge in [-0.05, 0) is 38.8 Å². The van der Waals surface area contributed by atoms with Crippen molar-refractivity contribution in [2.45, 2.75) is 31.7 Å². The Hall–Kier alpha value is -0.610. The van der Waals surface area contributed by atoms with Crippen molar-refractivity contribution in [2.24, 2.45) is 11.7 Å². The lowest BCUT2D eigenvalue weighted by Crippen LogP contribution is -2.57. The Labute approximate surface area is 91.8 Å². The number of esters is 1. The van der Waals surface area contributed by atoms with Crippen molar-refractivity contribution in [3.8, 4) is 0 Å². The summed E-state index contributed by atoms with van der Waals surface area (Å²) in [5.74, 6) is 0.0391. The molecule has 1 rings (SSSR count). The molecule has 4 nitrogen and oxygen atoms in total. The minimum atomic E-state index is -0.793. The molecule has 0 radical (unpaired) electrons. The number of nitrogens with zero attached hydrogens (tertiary/aromatic N) is 1. The zero-order valence-electron chi connectivity index (χ0n) is 9.95. The third kappa shape index (κ3) is 2.92. The van der Waals surface area contributed by atoms with Gasteiger partial charge in [0.2, 0.25) is 0 Å². The molecule has 1 fully saturated rings. The molecule has 88 valence electrons. The molecule has 2 N–H and O–H groups in total. The van der Waals surface area contributed by atoms with Crippen LogP contribution in [0.25, 0.3) is 0 Å². The normalized spacial score (nSPS) is 20.1. The van der Waals surface area contributed by atoms with E-state index in [9.17, 15) is 4.79 Å². The number of hydrogen-bond donors (Lipinski definition) is 1. The third-order valence-corrected chi connectivity index (χ3v) is 3.01. The number of likely N-dealkylation sites (N-methyl/N-ethyl adjacent to an activating group) is 1. The Balaban J connectivity index is 2.60. The van der Waals surface area contributed by atoms with E-state index < -0.39 is 5.54 Å². The van der Waals surface area contributed by atoms with Crippen molar-refractivity contribution in [3.63, 3.8) is 0 Å². The molecule has 0 saturated heterocycles. The number of nitrogens with two attached hydrogens (primary N) is 1. The van der Waals surface area contributed by atoms with Gasteiger partial charge in [-0.1, -0.05) is 6.92 Å². The molecule has 1 atom stereocenters. The Morgan fingerprint density at radius 3 is 2.60 bits per heavy atom. The molecule has 15 heavy (non-hydrogen) atoms. The molecular formula is C11H22N2O2. The van der Waals surface area contributed by atoms with Crippen molar-refractivity contribution in [1.82, 2.24) is 4.90 Å². The lowest BCUT2D eigenvalue weighted by molar-refractivity contribution is -0.148. The molecule has 0 amide bonds. The monoisotopic (exact) mass is 214 g/mol. The first-order chi connectivity index (χ1) is 7.04. The maximum absolute atomic E-state index is 11.7. The highest BCUT2D eigenvalue weighted by atomic mass is 16.5. The first-order valence-corrected chi connectivity index (χ1v) is 5.60. The fourth-order valence-electron chi connectivity index (χ4n) is 2.06. The van der Waals surface area contributed by atoms with Crippen LogP contribution in [0.15, 0.2) is 0 Å². The van der Waals surface area contributed by atoms with E-state index in [2.05, 4.69) is 11.8 Å². The van der Waals surface area contributed by atoms with Crippen LogP contribution >= 0.6 is 0 Å². The second kappa shape index (κ2) is 4.94. The minimum Gasteiger partial charge on any atom is -0.468 e. The van der Waals surface area contributed by atoms with Crippen molar-refractivity contribution in [2.75, 3.05) is 27.2 Å². The van der Waals surface area contributed by atoms with Gasteiger partial charge in [0.25, 0.3) is 0 Å². The molecule has 1 saturated carbocycles. The molecule has 0 aromatic rings. The van der Waals surface area contributed by atoms with Gasteiger partial charge in [0, 0.05) is 6.54 Å². The maximum atomic E-state index is 11.7. The predicted octanol–water partition coefficient (Wildman–Crippen LogP) is 0.609. The number of carbonyl (C=O) groups is 1. The topological polar surface area (TPSA) is 55.6 Å². The van der Waals surface area contributed by atoms with Gasteiger partial charge in [-0.3, -0.25) is 4.79 Å². The van der Waals surface area contributed by atoms with Crippen LogP contribution < -0.4 is 5.73 Å². The van der Waals surface area contributed by atoms with Crippen LogP contribution in [-0.2, 0) is 9.53 Å². The van der Waals surface area contributed by atoms with Crippen molar-refractivity contribution in [1.29, 1.82) is 0 Å². The van der Waals surface area contributed by atoms with Crippen LogP contribution in [-0.4, -0.2) is 43.7 Å². The summed E-state index contributed by atoms with van der Waals surface area (Å²) >= 11 is 0. The van der Waals surface area contributed by atoms with Crippen LogP contribution in [0.1, 0.15) is 26.2 Å². The fraction of sp³-hybridized carbons (Fsp3) is 0.909. The Bertz CT molecular complexity index is 229. The van der Waals surface area contributed by atoms with Gasteiger partial charge in [0.05, 0.1) is 7.11 Å². The summed E-state index contributed by atoms with van der Waals surface area (Å²) < 4.78 is 4.81. The summed E-state index contributed by atoms with van der Waals surface area (Å²) in [6.07, 6.45) is 3.16. The smallest absolute Gasteiger partial charge is 0.327 e. The van der Waals surface area contributed by atoms with Crippen LogP contribution in [0.4, 0.5) is 0 Å². The number of carbonyl (C=O) groups excluding carboxylic acids is 1. The van der Waals surface area contributed by atoms with E-state index in [0.29, 0.717) is 12.5 Å². The van der Waals surface area contributed by atoms with E-state index in [1.165, 1.54) is 7.11 Å². The average molecular weight is 214 g/mol. The van der Waals surface area contributed by atoms with E-state index in [1.54, 1.807) is 0 Å². The summed E-state index contributed by atoms with van der Waals surface area (Å²) in [6.45, 7) is 3.67.